The van der Waals surface area contributed by atoms with E-state index in [1.165, 1.54) is 6.92 Å². The van der Waals surface area contributed by atoms with Crippen LogP contribution < -0.4 is 0 Å². The van der Waals surface area contributed by atoms with E-state index in [0.717, 1.165) is 0 Å². The van der Waals surface area contributed by atoms with Crippen molar-refractivity contribution in [2.75, 3.05) is 19.8 Å². The fourth-order valence-electron chi connectivity index (χ4n) is 1.03. The number of phosphoric ester groups is 1. The molecular weight excluding hydrogens is 291 g/mol. The van der Waals surface area contributed by atoms with Crippen LogP contribution in [0.3, 0.4) is 0 Å². The van der Waals surface area contributed by atoms with E-state index >= 15 is 0 Å². The van der Waals surface area contributed by atoms with Crippen molar-refractivity contribution in [3.8, 4) is 0 Å². The standard InChI is InChI=1S/C11H21O8P/c1-4-6-18-20(14,15)19-10(7-16-9(3)12)8-17-11(13)5-2/h10H,4-8H2,1-3H3,(H,14,15). The minimum absolute atomic E-state index is 0.0445. The first-order chi connectivity index (χ1) is 9.30. The van der Waals surface area contributed by atoms with Gasteiger partial charge < -0.3 is 14.4 Å². The van der Waals surface area contributed by atoms with Crippen molar-refractivity contribution in [1.29, 1.82) is 0 Å². The molecule has 0 saturated heterocycles. The summed E-state index contributed by atoms with van der Waals surface area (Å²) >= 11 is 0. The Morgan fingerprint density at radius 2 is 1.80 bits per heavy atom. The minimum atomic E-state index is -4.28. The lowest BCUT2D eigenvalue weighted by Crippen LogP contribution is -2.27. The van der Waals surface area contributed by atoms with Crippen molar-refractivity contribution in [2.45, 2.75) is 39.7 Å². The van der Waals surface area contributed by atoms with Crippen LogP contribution in [-0.4, -0.2) is 42.8 Å². The zero-order valence-electron chi connectivity index (χ0n) is 11.9. The molecule has 0 bridgehead atoms. The third kappa shape index (κ3) is 9.91. The Bertz CT molecular complexity index is 356. The first-order valence-electron chi connectivity index (χ1n) is 6.25. The normalized spacial score (nSPS) is 15.2. The van der Waals surface area contributed by atoms with Crippen LogP contribution in [-0.2, 0) is 32.7 Å². The van der Waals surface area contributed by atoms with Gasteiger partial charge in [-0.2, -0.15) is 0 Å². The second-order valence-corrected chi connectivity index (χ2v) is 5.27. The fourth-order valence-corrected chi connectivity index (χ4v) is 2.01. The van der Waals surface area contributed by atoms with Crippen LogP contribution in [0.15, 0.2) is 0 Å². The number of phosphoric acid groups is 1. The molecule has 9 heteroatoms. The van der Waals surface area contributed by atoms with Crippen LogP contribution in [0.4, 0.5) is 0 Å². The van der Waals surface area contributed by atoms with Crippen LogP contribution >= 0.6 is 7.82 Å². The lowest BCUT2D eigenvalue weighted by atomic mass is 10.4. The first kappa shape index (κ1) is 19.1. The van der Waals surface area contributed by atoms with Gasteiger partial charge in [-0.15, -0.1) is 0 Å². The maximum absolute atomic E-state index is 11.6. The molecule has 0 aromatic carbocycles. The van der Waals surface area contributed by atoms with Gasteiger partial charge in [-0.05, 0) is 6.42 Å². The Morgan fingerprint density at radius 1 is 1.20 bits per heavy atom. The van der Waals surface area contributed by atoms with Crippen molar-refractivity contribution in [1.82, 2.24) is 0 Å². The smallest absolute Gasteiger partial charge is 0.463 e. The van der Waals surface area contributed by atoms with E-state index in [0.29, 0.717) is 6.42 Å². The number of rotatable bonds is 10. The number of carbonyl (C=O) groups is 2. The molecule has 2 atom stereocenters. The summed E-state index contributed by atoms with van der Waals surface area (Å²) in [5.74, 6) is -1.08. The summed E-state index contributed by atoms with van der Waals surface area (Å²) in [7, 11) is -4.28. The summed E-state index contributed by atoms with van der Waals surface area (Å²) in [5.41, 5.74) is 0. The zero-order chi connectivity index (χ0) is 15.6. The highest BCUT2D eigenvalue weighted by atomic mass is 31.2. The number of hydrogen-bond donors (Lipinski definition) is 1. The Kier molecular flexibility index (Phi) is 9.41. The van der Waals surface area contributed by atoms with Crippen LogP contribution in [0, 0.1) is 0 Å². The van der Waals surface area contributed by atoms with Crippen molar-refractivity contribution in [2.24, 2.45) is 0 Å². The predicted octanol–water partition coefficient (Wildman–Crippen LogP) is 1.41. The van der Waals surface area contributed by atoms with Gasteiger partial charge in [0.2, 0.25) is 0 Å². The summed E-state index contributed by atoms with van der Waals surface area (Å²) in [6, 6.07) is 0. The monoisotopic (exact) mass is 312 g/mol. The van der Waals surface area contributed by atoms with Crippen LogP contribution in [0.2, 0.25) is 0 Å². The van der Waals surface area contributed by atoms with Gasteiger partial charge >= 0.3 is 19.8 Å². The van der Waals surface area contributed by atoms with Crippen molar-refractivity contribution in [3.63, 3.8) is 0 Å². The molecule has 0 aliphatic heterocycles. The fraction of sp³-hybridized carbons (Fsp3) is 0.818. The molecule has 0 fully saturated rings. The highest BCUT2D eigenvalue weighted by Gasteiger charge is 2.28. The Labute approximate surface area is 118 Å². The van der Waals surface area contributed by atoms with E-state index in [2.05, 4.69) is 9.26 Å². The Balaban J connectivity index is 4.45. The van der Waals surface area contributed by atoms with E-state index in [1.54, 1.807) is 13.8 Å². The van der Waals surface area contributed by atoms with Gasteiger partial charge in [-0.25, -0.2) is 4.57 Å². The second kappa shape index (κ2) is 9.88. The molecule has 0 amide bonds. The van der Waals surface area contributed by atoms with Crippen LogP contribution in [0.25, 0.3) is 0 Å². The summed E-state index contributed by atoms with van der Waals surface area (Å²) < 4.78 is 30.5. The van der Waals surface area contributed by atoms with Gasteiger partial charge in [-0.3, -0.25) is 18.6 Å². The summed E-state index contributed by atoms with van der Waals surface area (Å²) in [4.78, 5) is 31.2. The van der Waals surface area contributed by atoms with Gasteiger partial charge in [-0.1, -0.05) is 13.8 Å². The minimum Gasteiger partial charge on any atom is -0.463 e. The first-order valence-corrected chi connectivity index (χ1v) is 7.75. The molecule has 0 rings (SSSR count). The van der Waals surface area contributed by atoms with E-state index in [-0.39, 0.29) is 26.2 Å². The van der Waals surface area contributed by atoms with Gasteiger partial charge in [0.25, 0.3) is 0 Å². The highest BCUT2D eigenvalue weighted by Crippen LogP contribution is 2.44. The molecule has 0 heterocycles. The molecule has 0 saturated carbocycles. The summed E-state index contributed by atoms with van der Waals surface area (Å²) in [6.07, 6.45) is -0.376. The molecule has 0 aliphatic rings. The van der Waals surface area contributed by atoms with Crippen molar-refractivity contribution < 1.29 is 37.6 Å². The molecular formula is C11H21O8P. The largest absolute Gasteiger partial charge is 0.472 e. The molecule has 20 heavy (non-hydrogen) atoms. The lowest BCUT2D eigenvalue weighted by molar-refractivity contribution is -0.150. The second-order valence-electron chi connectivity index (χ2n) is 3.87. The predicted molar refractivity (Wildman–Crippen MR) is 68.8 cm³/mol. The molecule has 1 N–H and O–H groups in total. The molecule has 8 nitrogen and oxygen atoms in total. The van der Waals surface area contributed by atoms with Gasteiger partial charge in [0, 0.05) is 13.3 Å². The maximum atomic E-state index is 11.6. The number of hydrogen-bond acceptors (Lipinski definition) is 7. The Morgan fingerprint density at radius 3 is 2.30 bits per heavy atom. The van der Waals surface area contributed by atoms with E-state index in [1.807, 2.05) is 0 Å². The SMILES string of the molecule is CCCOP(=O)(O)OC(COC(C)=O)COC(=O)CC. The van der Waals surface area contributed by atoms with Crippen LogP contribution in [0.1, 0.15) is 33.6 Å². The van der Waals surface area contributed by atoms with Gasteiger partial charge in [0.1, 0.15) is 19.3 Å². The topological polar surface area (TPSA) is 108 Å². The van der Waals surface area contributed by atoms with Crippen molar-refractivity contribution >= 4 is 19.8 Å². The molecule has 118 valence electrons. The van der Waals surface area contributed by atoms with E-state index in [4.69, 9.17) is 9.26 Å². The van der Waals surface area contributed by atoms with Gasteiger partial charge in [0.05, 0.1) is 6.61 Å². The zero-order valence-corrected chi connectivity index (χ0v) is 12.8. The quantitative estimate of drug-likeness (QED) is 0.476. The third-order valence-corrected chi connectivity index (χ3v) is 3.01. The number of carbonyl (C=O) groups excluding carboxylic acids is 2. The number of esters is 2. The molecule has 0 aromatic rings. The summed E-state index contributed by atoms with van der Waals surface area (Å²) in [5, 5.41) is 0. The van der Waals surface area contributed by atoms with E-state index in [9.17, 15) is 19.0 Å². The maximum Gasteiger partial charge on any atom is 0.472 e. The molecule has 0 radical (unpaired) electrons. The summed E-state index contributed by atoms with van der Waals surface area (Å²) in [6.45, 7) is 3.97. The van der Waals surface area contributed by atoms with Gasteiger partial charge in [0.15, 0.2) is 0 Å². The number of ether oxygens (including phenoxy) is 2. The Hall–Kier alpha value is -0.950. The lowest BCUT2D eigenvalue weighted by Gasteiger charge is -2.20. The molecule has 0 aliphatic carbocycles. The van der Waals surface area contributed by atoms with E-state index < -0.39 is 25.9 Å². The molecule has 0 aromatic heterocycles. The van der Waals surface area contributed by atoms with Crippen LogP contribution in [0.5, 0.6) is 0 Å². The average Bonchev–Trinajstić information content (AvgIpc) is 2.38. The third-order valence-electron chi connectivity index (χ3n) is 1.93. The highest BCUT2D eigenvalue weighted by molar-refractivity contribution is 7.47. The average molecular weight is 312 g/mol. The molecule has 2 unspecified atom stereocenters. The van der Waals surface area contributed by atoms with Crippen molar-refractivity contribution in [3.05, 3.63) is 0 Å². The molecule has 0 spiro atoms.